The second-order valence-electron chi connectivity index (χ2n) is 6.51. The number of carbonyl (C=O) groups is 1. The summed E-state index contributed by atoms with van der Waals surface area (Å²) in [6, 6.07) is 12.1. The number of hydrogen-bond acceptors (Lipinski definition) is 4. The van der Waals surface area contributed by atoms with E-state index in [9.17, 15) is 4.79 Å². The predicted octanol–water partition coefficient (Wildman–Crippen LogP) is 6.43. The van der Waals surface area contributed by atoms with E-state index in [1.165, 1.54) is 12.4 Å². The third kappa shape index (κ3) is 6.40. The number of benzene rings is 2. The van der Waals surface area contributed by atoms with Crippen LogP contribution in [0.1, 0.15) is 15.9 Å². The van der Waals surface area contributed by atoms with Gasteiger partial charge < -0.3 is 14.4 Å². The Bertz CT molecular complexity index is 1040. The lowest BCUT2D eigenvalue weighted by Crippen LogP contribution is -2.34. The zero-order valence-electron chi connectivity index (χ0n) is 16.4. The van der Waals surface area contributed by atoms with E-state index in [1.807, 2.05) is 24.3 Å². The van der Waals surface area contributed by atoms with Crippen LogP contribution in [0.5, 0.6) is 11.5 Å². The predicted molar refractivity (Wildman–Crippen MR) is 124 cm³/mol. The molecule has 0 N–H and O–H groups in total. The van der Waals surface area contributed by atoms with Crippen molar-refractivity contribution in [2.45, 2.75) is 6.54 Å². The number of pyridine rings is 1. The van der Waals surface area contributed by atoms with Gasteiger partial charge in [0.05, 0.1) is 34.3 Å². The Balaban J connectivity index is 1.77. The quantitative estimate of drug-likeness (QED) is 0.358. The van der Waals surface area contributed by atoms with E-state index in [1.54, 1.807) is 30.2 Å². The van der Waals surface area contributed by atoms with Gasteiger partial charge in [-0.25, -0.2) is 0 Å². The van der Waals surface area contributed by atoms with E-state index in [2.05, 4.69) is 4.98 Å². The molecule has 162 valence electrons. The smallest absolute Gasteiger partial charge is 0.255 e. The number of rotatable bonds is 8. The number of aromatic nitrogens is 1. The molecule has 0 unspecified atom stereocenters. The van der Waals surface area contributed by atoms with Crippen LogP contribution in [0, 0.1) is 0 Å². The molecule has 5 nitrogen and oxygen atoms in total. The zero-order valence-corrected chi connectivity index (χ0v) is 19.5. The summed E-state index contributed by atoms with van der Waals surface area (Å²) in [6.07, 6.45) is 2.95. The van der Waals surface area contributed by atoms with Gasteiger partial charge in [0.1, 0.15) is 12.4 Å². The molecule has 3 rings (SSSR count). The average molecular weight is 500 g/mol. The molecule has 3 aromatic rings. The van der Waals surface area contributed by atoms with Gasteiger partial charge in [0.15, 0.2) is 5.75 Å². The van der Waals surface area contributed by atoms with Crippen LogP contribution in [-0.4, -0.2) is 36.1 Å². The van der Waals surface area contributed by atoms with Gasteiger partial charge in [-0.05, 0) is 35.9 Å². The van der Waals surface area contributed by atoms with Gasteiger partial charge in [0.2, 0.25) is 0 Å². The first-order chi connectivity index (χ1) is 14.9. The summed E-state index contributed by atoms with van der Waals surface area (Å²) in [5.41, 5.74) is 1.30. The van der Waals surface area contributed by atoms with Crippen LogP contribution < -0.4 is 9.47 Å². The van der Waals surface area contributed by atoms with Crippen molar-refractivity contribution in [2.24, 2.45) is 0 Å². The molecule has 1 heterocycles. The van der Waals surface area contributed by atoms with E-state index < -0.39 is 0 Å². The molecule has 0 aliphatic heterocycles. The standard InChI is InChI=1S/C22H18Cl4N2O3/c1-30-18-4-2-14(3-5-18)13-28(22(29)15-8-17(24)12-27-11-15)6-7-31-21-19(25)9-16(23)10-20(21)26/h2-5,8-12H,6-7,13H2,1H3. The van der Waals surface area contributed by atoms with E-state index in [4.69, 9.17) is 55.9 Å². The Morgan fingerprint density at radius 3 is 2.26 bits per heavy atom. The Kier molecular flexibility index (Phi) is 8.27. The van der Waals surface area contributed by atoms with Gasteiger partial charge in [-0.2, -0.15) is 0 Å². The summed E-state index contributed by atoms with van der Waals surface area (Å²) in [5.74, 6) is 0.813. The SMILES string of the molecule is COc1ccc(CN(CCOc2c(Cl)cc(Cl)cc2Cl)C(=O)c2cncc(Cl)c2)cc1. The molecule has 0 saturated heterocycles. The van der Waals surface area contributed by atoms with Crippen LogP contribution in [0.2, 0.25) is 20.1 Å². The van der Waals surface area contributed by atoms with Gasteiger partial charge in [-0.1, -0.05) is 58.5 Å². The lowest BCUT2D eigenvalue weighted by atomic mass is 10.1. The normalized spacial score (nSPS) is 10.6. The summed E-state index contributed by atoms with van der Waals surface area (Å²) in [7, 11) is 1.60. The molecule has 0 atom stereocenters. The molecule has 31 heavy (non-hydrogen) atoms. The highest BCUT2D eigenvalue weighted by Crippen LogP contribution is 2.35. The molecule has 0 saturated carbocycles. The number of halogens is 4. The minimum Gasteiger partial charge on any atom is -0.497 e. The van der Waals surface area contributed by atoms with E-state index in [-0.39, 0.29) is 19.1 Å². The average Bonchev–Trinajstić information content (AvgIpc) is 2.74. The maximum Gasteiger partial charge on any atom is 0.255 e. The summed E-state index contributed by atoms with van der Waals surface area (Å²) < 4.78 is 10.9. The number of amides is 1. The Hall–Kier alpha value is -2.18. The fourth-order valence-electron chi connectivity index (χ4n) is 2.84. The second-order valence-corrected chi connectivity index (χ2v) is 8.20. The second kappa shape index (κ2) is 10.9. The Labute approximate surface area is 200 Å². The first kappa shape index (κ1) is 23.5. The van der Waals surface area contributed by atoms with Crippen LogP contribution in [0.4, 0.5) is 0 Å². The van der Waals surface area contributed by atoms with Crippen molar-refractivity contribution in [2.75, 3.05) is 20.3 Å². The topological polar surface area (TPSA) is 51.7 Å². The summed E-state index contributed by atoms with van der Waals surface area (Å²) >= 11 is 24.3. The van der Waals surface area contributed by atoms with Crippen LogP contribution in [0.15, 0.2) is 54.9 Å². The molecule has 0 bridgehead atoms. The number of nitrogens with zero attached hydrogens (tertiary/aromatic N) is 2. The largest absolute Gasteiger partial charge is 0.497 e. The highest BCUT2D eigenvalue weighted by atomic mass is 35.5. The van der Waals surface area contributed by atoms with Crippen LogP contribution in [0.3, 0.4) is 0 Å². The summed E-state index contributed by atoms with van der Waals surface area (Å²) in [4.78, 5) is 18.8. The fourth-order valence-corrected chi connectivity index (χ4v) is 3.94. The number of hydrogen-bond donors (Lipinski definition) is 0. The molecule has 1 amide bonds. The first-order valence-corrected chi connectivity index (χ1v) is 10.7. The lowest BCUT2D eigenvalue weighted by molar-refractivity contribution is 0.0716. The molecule has 0 radical (unpaired) electrons. The molecule has 2 aromatic carbocycles. The minimum absolute atomic E-state index is 0.164. The maximum atomic E-state index is 13.1. The summed E-state index contributed by atoms with van der Waals surface area (Å²) in [6.45, 7) is 0.782. The first-order valence-electron chi connectivity index (χ1n) is 9.17. The highest BCUT2D eigenvalue weighted by Gasteiger charge is 2.18. The molecule has 0 aliphatic carbocycles. The van der Waals surface area contributed by atoms with E-state index in [0.29, 0.717) is 37.9 Å². The number of carbonyl (C=O) groups excluding carboxylic acids is 1. The molecule has 1 aromatic heterocycles. The highest BCUT2D eigenvalue weighted by molar-refractivity contribution is 6.40. The van der Waals surface area contributed by atoms with E-state index in [0.717, 1.165) is 11.3 Å². The van der Waals surface area contributed by atoms with Crippen LogP contribution in [-0.2, 0) is 6.54 Å². The third-order valence-corrected chi connectivity index (χ3v) is 5.33. The van der Waals surface area contributed by atoms with Crippen molar-refractivity contribution in [3.8, 4) is 11.5 Å². The molecule has 9 heteroatoms. The van der Waals surface area contributed by atoms with Crippen molar-refractivity contribution in [3.05, 3.63) is 86.1 Å². The molecular weight excluding hydrogens is 482 g/mol. The van der Waals surface area contributed by atoms with Gasteiger partial charge >= 0.3 is 0 Å². The third-order valence-electron chi connectivity index (χ3n) is 4.34. The summed E-state index contributed by atoms with van der Waals surface area (Å²) in [5, 5.41) is 1.38. The van der Waals surface area contributed by atoms with Crippen LogP contribution >= 0.6 is 46.4 Å². The van der Waals surface area contributed by atoms with Crippen molar-refractivity contribution in [1.82, 2.24) is 9.88 Å². The van der Waals surface area contributed by atoms with Crippen molar-refractivity contribution in [1.29, 1.82) is 0 Å². The van der Waals surface area contributed by atoms with Crippen molar-refractivity contribution in [3.63, 3.8) is 0 Å². The monoisotopic (exact) mass is 498 g/mol. The van der Waals surface area contributed by atoms with Crippen molar-refractivity contribution >= 4 is 52.3 Å². The number of ether oxygens (including phenoxy) is 2. The Morgan fingerprint density at radius 2 is 1.65 bits per heavy atom. The Morgan fingerprint density at radius 1 is 0.968 bits per heavy atom. The van der Waals surface area contributed by atoms with Crippen LogP contribution in [0.25, 0.3) is 0 Å². The van der Waals surface area contributed by atoms with Gasteiger partial charge in [-0.3, -0.25) is 9.78 Å². The van der Waals surface area contributed by atoms with Gasteiger partial charge in [-0.15, -0.1) is 0 Å². The zero-order chi connectivity index (χ0) is 22.4. The molecule has 0 fully saturated rings. The lowest BCUT2D eigenvalue weighted by Gasteiger charge is -2.23. The molecule has 0 aliphatic rings. The molecule has 0 spiro atoms. The maximum absolute atomic E-state index is 13.1. The van der Waals surface area contributed by atoms with E-state index >= 15 is 0 Å². The molecular formula is C22H18Cl4N2O3. The van der Waals surface area contributed by atoms with Gasteiger partial charge in [0.25, 0.3) is 5.91 Å². The van der Waals surface area contributed by atoms with Crippen molar-refractivity contribution < 1.29 is 14.3 Å². The van der Waals surface area contributed by atoms with Gasteiger partial charge in [0, 0.05) is 24.0 Å². The number of methoxy groups -OCH3 is 1. The minimum atomic E-state index is -0.234. The fraction of sp³-hybridized carbons (Fsp3) is 0.182.